The average Bonchev–Trinajstić information content (AvgIpc) is 2.68. The van der Waals surface area contributed by atoms with Crippen molar-refractivity contribution in [3.63, 3.8) is 0 Å². The Hall–Kier alpha value is -2.64. The fraction of sp³-hybridized carbons (Fsp3) is 0.316. The van der Waals surface area contributed by atoms with Gasteiger partial charge in [-0.15, -0.1) is 0 Å². The normalized spacial score (nSPS) is 10.3. The van der Waals surface area contributed by atoms with Gasteiger partial charge < -0.3 is 29.0 Å². The van der Waals surface area contributed by atoms with E-state index in [4.69, 9.17) is 35.3 Å². The van der Waals surface area contributed by atoms with Gasteiger partial charge >= 0.3 is 0 Å². The van der Waals surface area contributed by atoms with Crippen LogP contribution < -0.4 is 24.3 Å². The van der Waals surface area contributed by atoms with Crippen molar-refractivity contribution in [1.82, 2.24) is 0 Å². The summed E-state index contributed by atoms with van der Waals surface area (Å²) in [5, 5.41) is 3.26. The molecule has 0 unspecified atom stereocenters. The Morgan fingerprint density at radius 1 is 0.926 bits per heavy atom. The summed E-state index contributed by atoms with van der Waals surface area (Å²) in [5.41, 5.74) is 0.768. The highest BCUT2D eigenvalue weighted by Crippen LogP contribution is 2.38. The number of methoxy groups -OCH3 is 4. The number of carbonyl (C=O) groups excluding carboxylic acids is 1. The van der Waals surface area contributed by atoms with Gasteiger partial charge in [-0.05, 0) is 30.3 Å². The summed E-state index contributed by atoms with van der Waals surface area (Å²) >= 11 is 6.05. The van der Waals surface area contributed by atoms with Crippen LogP contribution in [-0.2, 0) is 4.74 Å². The van der Waals surface area contributed by atoms with Crippen LogP contribution in [0.4, 0.5) is 5.69 Å². The zero-order valence-electron chi connectivity index (χ0n) is 15.6. The number of benzene rings is 2. The minimum absolute atomic E-state index is 0.326. The zero-order chi connectivity index (χ0) is 19.8. The number of ether oxygens (including phenoxy) is 5. The van der Waals surface area contributed by atoms with Crippen LogP contribution in [0.25, 0.3) is 0 Å². The summed E-state index contributed by atoms with van der Waals surface area (Å²) in [7, 11) is 6.05. The van der Waals surface area contributed by atoms with Crippen molar-refractivity contribution in [2.24, 2.45) is 0 Å². The summed E-state index contributed by atoms with van der Waals surface area (Å²) in [4.78, 5) is 12.8. The maximum atomic E-state index is 12.8. The maximum Gasteiger partial charge on any atom is 0.256 e. The number of anilines is 1. The highest BCUT2D eigenvalue weighted by molar-refractivity contribution is 6.31. The Morgan fingerprint density at radius 2 is 1.59 bits per heavy atom. The monoisotopic (exact) mass is 395 g/mol. The molecule has 2 rings (SSSR count). The molecule has 0 aliphatic rings. The molecule has 0 aromatic heterocycles. The van der Waals surface area contributed by atoms with Crippen LogP contribution in [0.5, 0.6) is 23.0 Å². The molecule has 0 atom stereocenters. The second kappa shape index (κ2) is 9.89. The second-order valence-corrected chi connectivity index (χ2v) is 5.79. The van der Waals surface area contributed by atoms with Crippen LogP contribution in [-0.4, -0.2) is 47.6 Å². The van der Waals surface area contributed by atoms with Crippen molar-refractivity contribution >= 4 is 23.2 Å². The lowest BCUT2D eigenvalue weighted by molar-refractivity contribution is 0.102. The first-order chi connectivity index (χ1) is 13.0. The van der Waals surface area contributed by atoms with Crippen LogP contribution in [0.2, 0.25) is 5.02 Å². The van der Waals surface area contributed by atoms with Gasteiger partial charge in [0.2, 0.25) is 5.75 Å². The Labute approximate surface area is 163 Å². The Balaban J connectivity index is 2.30. The minimum Gasteiger partial charge on any atom is -0.493 e. The molecule has 2 aromatic rings. The van der Waals surface area contributed by atoms with E-state index in [1.54, 1.807) is 37.4 Å². The van der Waals surface area contributed by atoms with E-state index in [0.717, 1.165) is 0 Å². The summed E-state index contributed by atoms with van der Waals surface area (Å²) in [6.45, 7) is 0.758. The molecule has 8 heteroatoms. The molecule has 0 saturated heterocycles. The molecule has 0 aliphatic carbocycles. The Morgan fingerprint density at radius 3 is 2.15 bits per heavy atom. The van der Waals surface area contributed by atoms with E-state index in [0.29, 0.717) is 52.5 Å². The van der Waals surface area contributed by atoms with Crippen LogP contribution >= 0.6 is 11.6 Å². The number of hydrogen-bond acceptors (Lipinski definition) is 6. The van der Waals surface area contributed by atoms with Crippen molar-refractivity contribution in [3.8, 4) is 23.0 Å². The molecule has 0 heterocycles. The molecule has 1 amide bonds. The molecule has 2 aromatic carbocycles. The van der Waals surface area contributed by atoms with Crippen molar-refractivity contribution in [1.29, 1.82) is 0 Å². The number of halogens is 1. The standard InChI is InChI=1S/C19H22ClNO6/c1-23-7-8-27-15-6-5-13(20)11-14(15)21-19(22)12-9-16(24-2)18(26-4)17(10-12)25-3/h5-6,9-11H,7-8H2,1-4H3,(H,21,22). The highest BCUT2D eigenvalue weighted by atomic mass is 35.5. The van der Waals surface area contributed by atoms with Crippen LogP contribution in [0, 0.1) is 0 Å². The summed E-state index contributed by atoms with van der Waals surface area (Å²) in [6.07, 6.45) is 0. The average molecular weight is 396 g/mol. The van der Waals surface area contributed by atoms with Gasteiger partial charge in [0.15, 0.2) is 11.5 Å². The molecular formula is C19H22ClNO6. The Bertz CT molecular complexity index is 771. The largest absolute Gasteiger partial charge is 0.493 e. The first-order valence-electron chi connectivity index (χ1n) is 8.06. The molecule has 1 N–H and O–H groups in total. The van der Waals surface area contributed by atoms with Gasteiger partial charge in [0.1, 0.15) is 12.4 Å². The van der Waals surface area contributed by atoms with E-state index in [1.165, 1.54) is 21.3 Å². The minimum atomic E-state index is -0.381. The first kappa shape index (κ1) is 20.7. The Kier molecular flexibility index (Phi) is 7.57. The fourth-order valence-electron chi connectivity index (χ4n) is 2.37. The summed E-state index contributed by atoms with van der Waals surface area (Å²) < 4.78 is 26.4. The van der Waals surface area contributed by atoms with E-state index >= 15 is 0 Å². The lowest BCUT2D eigenvalue weighted by atomic mass is 10.1. The van der Waals surface area contributed by atoms with E-state index in [1.807, 2.05) is 0 Å². The lowest BCUT2D eigenvalue weighted by Gasteiger charge is -2.15. The molecule has 0 bridgehead atoms. The lowest BCUT2D eigenvalue weighted by Crippen LogP contribution is -2.14. The van der Waals surface area contributed by atoms with Crippen molar-refractivity contribution < 1.29 is 28.5 Å². The smallest absolute Gasteiger partial charge is 0.256 e. The first-order valence-corrected chi connectivity index (χ1v) is 8.44. The molecule has 7 nitrogen and oxygen atoms in total. The van der Waals surface area contributed by atoms with E-state index < -0.39 is 0 Å². The number of carbonyl (C=O) groups is 1. The molecular weight excluding hydrogens is 374 g/mol. The van der Waals surface area contributed by atoms with Gasteiger partial charge in [0.25, 0.3) is 5.91 Å². The molecule has 27 heavy (non-hydrogen) atoms. The predicted molar refractivity (Wildman–Crippen MR) is 103 cm³/mol. The number of amides is 1. The molecule has 0 aliphatic heterocycles. The third-order valence-electron chi connectivity index (χ3n) is 3.66. The van der Waals surface area contributed by atoms with Crippen molar-refractivity contribution in [2.75, 3.05) is 47.0 Å². The van der Waals surface area contributed by atoms with Crippen molar-refractivity contribution in [3.05, 3.63) is 40.9 Å². The zero-order valence-corrected chi connectivity index (χ0v) is 16.4. The van der Waals surface area contributed by atoms with Gasteiger partial charge in [-0.2, -0.15) is 0 Å². The van der Waals surface area contributed by atoms with E-state index in [-0.39, 0.29) is 5.91 Å². The van der Waals surface area contributed by atoms with Gasteiger partial charge in [0.05, 0.1) is 33.6 Å². The quantitative estimate of drug-likeness (QED) is 0.653. The third kappa shape index (κ3) is 5.18. The topological polar surface area (TPSA) is 75.3 Å². The van der Waals surface area contributed by atoms with Crippen LogP contribution in [0.15, 0.2) is 30.3 Å². The van der Waals surface area contributed by atoms with Gasteiger partial charge in [0, 0.05) is 17.7 Å². The van der Waals surface area contributed by atoms with Crippen LogP contribution in [0.3, 0.4) is 0 Å². The summed E-state index contributed by atoms with van der Waals surface area (Å²) in [5.74, 6) is 1.27. The molecule has 0 radical (unpaired) electrons. The highest BCUT2D eigenvalue weighted by Gasteiger charge is 2.18. The molecule has 146 valence electrons. The fourth-order valence-corrected chi connectivity index (χ4v) is 2.54. The SMILES string of the molecule is COCCOc1ccc(Cl)cc1NC(=O)c1cc(OC)c(OC)c(OC)c1. The second-order valence-electron chi connectivity index (χ2n) is 5.35. The van der Waals surface area contributed by atoms with Gasteiger partial charge in [-0.3, -0.25) is 4.79 Å². The molecule has 0 fully saturated rings. The van der Waals surface area contributed by atoms with Crippen molar-refractivity contribution in [2.45, 2.75) is 0 Å². The molecule has 0 saturated carbocycles. The maximum absolute atomic E-state index is 12.8. The summed E-state index contributed by atoms with van der Waals surface area (Å²) in [6, 6.07) is 8.10. The predicted octanol–water partition coefficient (Wildman–Crippen LogP) is 3.64. The van der Waals surface area contributed by atoms with E-state index in [2.05, 4.69) is 5.32 Å². The third-order valence-corrected chi connectivity index (χ3v) is 3.90. The number of nitrogens with one attached hydrogen (secondary N) is 1. The molecule has 0 spiro atoms. The number of rotatable bonds is 9. The van der Waals surface area contributed by atoms with Gasteiger partial charge in [-0.25, -0.2) is 0 Å². The number of hydrogen-bond donors (Lipinski definition) is 1. The van der Waals surface area contributed by atoms with Gasteiger partial charge in [-0.1, -0.05) is 11.6 Å². The van der Waals surface area contributed by atoms with Crippen LogP contribution in [0.1, 0.15) is 10.4 Å². The van der Waals surface area contributed by atoms with E-state index in [9.17, 15) is 4.79 Å².